The molecule has 0 spiro atoms. The van der Waals surface area contributed by atoms with E-state index in [0.717, 1.165) is 0 Å². The SMILES string of the molecule is O=C(CI)N1C[C@@H](F)[C@H](F)C1. The second kappa shape index (κ2) is 3.64. The Kier molecular flexibility index (Phi) is 3.03. The third-order valence-electron chi connectivity index (χ3n) is 1.65. The highest BCUT2D eigenvalue weighted by Crippen LogP contribution is 2.16. The minimum absolute atomic E-state index is 0.0804. The van der Waals surface area contributed by atoms with Crippen LogP contribution in [0.4, 0.5) is 8.78 Å². The summed E-state index contributed by atoms with van der Waals surface area (Å²) in [6.45, 7) is -0.161. The summed E-state index contributed by atoms with van der Waals surface area (Å²) in [7, 11) is 0. The molecular weight excluding hydrogens is 267 g/mol. The molecule has 1 heterocycles. The summed E-state index contributed by atoms with van der Waals surface area (Å²) in [6.07, 6.45) is -2.97. The maximum Gasteiger partial charge on any atom is 0.232 e. The third-order valence-corrected chi connectivity index (χ3v) is 2.30. The number of carbonyl (C=O) groups is 1. The lowest BCUT2D eigenvalue weighted by molar-refractivity contribution is -0.127. The maximum absolute atomic E-state index is 12.5. The third kappa shape index (κ3) is 2.00. The zero-order chi connectivity index (χ0) is 8.43. The molecule has 1 amide bonds. The monoisotopic (exact) mass is 275 g/mol. The lowest BCUT2D eigenvalue weighted by Gasteiger charge is -2.11. The van der Waals surface area contributed by atoms with Crippen LogP contribution in [0.15, 0.2) is 0 Å². The highest BCUT2D eigenvalue weighted by molar-refractivity contribution is 14.1. The van der Waals surface area contributed by atoms with E-state index < -0.39 is 12.3 Å². The van der Waals surface area contributed by atoms with Gasteiger partial charge in [0.2, 0.25) is 5.91 Å². The quantitative estimate of drug-likeness (QED) is 0.515. The van der Waals surface area contributed by atoms with Gasteiger partial charge in [-0.05, 0) is 0 Å². The Balaban J connectivity index is 2.46. The largest absolute Gasteiger partial charge is 0.336 e. The topological polar surface area (TPSA) is 20.3 Å². The molecule has 0 bridgehead atoms. The van der Waals surface area contributed by atoms with Crippen LogP contribution < -0.4 is 0 Å². The fourth-order valence-corrected chi connectivity index (χ4v) is 1.49. The molecule has 1 aliphatic rings. The maximum atomic E-state index is 12.5. The molecule has 1 aliphatic heterocycles. The van der Waals surface area contributed by atoms with Crippen LogP contribution in [0.3, 0.4) is 0 Å². The van der Waals surface area contributed by atoms with E-state index in [9.17, 15) is 13.6 Å². The van der Waals surface area contributed by atoms with Gasteiger partial charge in [0.25, 0.3) is 0 Å². The minimum atomic E-state index is -1.48. The Bertz CT molecular complexity index is 157. The van der Waals surface area contributed by atoms with Gasteiger partial charge in [0.15, 0.2) is 12.3 Å². The van der Waals surface area contributed by atoms with Crippen LogP contribution in [0, 0.1) is 0 Å². The molecule has 5 heteroatoms. The van der Waals surface area contributed by atoms with Gasteiger partial charge in [0.05, 0.1) is 17.5 Å². The van der Waals surface area contributed by atoms with Gasteiger partial charge in [-0.25, -0.2) is 8.78 Å². The van der Waals surface area contributed by atoms with E-state index in [2.05, 4.69) is 0 Å². The fourth-order valence-electron chi connectivity index (χ4n) is 1.01. The summed E-state index contributed by atoms with van der Waals surface area (Å²) in [5, 5.41) is 0. The Labute approximate surface area is 77.1 Å². The number of alkyl halides is 3. The van der Waals surface area contributed by atoms with Crippen molar-refractivity contribution in [3.05, 3.63) is 0 Å². The van der Waals surface area contributed by atoms with E-state index in [0.29, 0.717) is 0 Å². The molecule has 11 heavy (non-hydrogen) atoms. The van der Waals surface area contributed by atoms with E-state index in [4.69, 9.17) is 0 Å². The second-order valence-corrected chi connectivity index (χ2v) is 3.23. The molecule has 1 fully saturated rings. The zero-order valence-electron chi connectivity index (χ0n) is 5.77. The Morgan fingerprint density at radius 1 is 1.45 bits per heavy atom. The standard InChI is InChI=1S/C6H8F2INO/c7-4-2-10(3-5(4)8)6(11)1-9/h4-5H,1-3H2/t4-,5-/m1/s1. The van der Waals surface area contributed by atoms with Gasteiger partial charge < -0.3 is 4.90 Å². The molecule has 0 radical (unpaired) electrons. The molecule has 64 valence electrons. The van der Waals surface area contributed by atoms with Gasteiger partial charge in [-0.2, -0.15) is 0 Å². The molecule has 0 saturated carbocycles. The first kappa shape index (κ1) is 9.15. The van der Waals surface area contributed by atoms with Gasteiger partial charge >= 0.3 is 0 Å². The van der Waals surface area contributed by atoms with Crippen molar-refractivity contribution in [1.29, 1.82) is 0 Å². The van der Waals surface area contributed by atoms with Crippen molar-refractivity contribution in [3.8, 4) is 0 Å². The predicted molar refractivity (Wildman–Crippen MR) is 45.3 cm³/mol. The van der Waals surface area contributed by atoms with Crippen molar-refractivity contribution >= 4 is 28.5 Å². The number of hydrogen-bond acceptors (Lipinski definition) is 1. The van der Waals surface area contributed by atoms with Crippen LogP contribution >= 0.6 is 22.6 Å². The molecule has 0 N–H and O–H groups in total. The average Bonchev–Trinajstić information content (AvgIpc) is 2.31. The number of rotatable bonds is 1. The first-order valence-electron chi connectivity index (χ1n) is 3.27. The molecule has 0 aromatic carbocycles. The van der Waals surface area contributed by atoms with Crippen molar-refractivity contribution in [2.24, 2.45) is 0 Å². The predicted octanol–water partition coefficient (Wildman–Crippen LogP) is 0.940. The summed E-state index contributed by atoms with van der Waals surface area (Å²) in [6, 6.07) is 0. The molecule has 1 rings (SSSR count). The van der Waals surface area contributed by atoms with Crippen LogP contribution in [-0.4, -0.2) is 40.7 Å². The van der Waals surface area contributed by atoms with Crippen molar-refractivity contribution in [2.75, 3.05) is 17.5 Å². The zero-order valence-corrected chi connectivity index (χ0v) is 7.92. The number of hydrogen-bond donors (Lipinski definition) is 0. The Hall–Kier alpha value is 0.0600. The first-order valence-corrected chi connectivity index (χ1v) is 4.79. The van der Waals surface area contributed by atoms with Crippen molar-refractivity contribution in [3.63, 3.8) is 0 Å². The van der Waals surface area contributed by atoms with Crippen LogP contribution in [0.1, 0.15) is 0 Å². The first-order chi connectivity index (χ1) is 5.15. The molecular formula is C6H8F2INO. The lowest BCUT2D eigenvalue weighted by Crippen LogP contribution is -2.29. The number of amides is 1. The van der Waals surface area contributed by atoms with Crippen LogP contribution in [0.25, 0.3) is 0 Å². The normalized spacial score (nSPS) is 31.0. The average molecular weight is 275 g/mol. The number of carbonyl (C=O) groups excluding carboxylic acids is 1. The van der Waals surface area contributed by atoms with Crippen molar-refractivity contribution < 1.29 is 13.6 Å². The van der Waals surface area contributed by atoms with Gasteiger partial charge in [-0.15, -0.1) is 0 Å². The molecule has 2 nitrogen and oxygen atoms in total. The Morgan fingerprint density at radius 2 is 1.91 bits per heavy atom. The fraction of sp³-hybridized carbons (Fsp3) is 0.833. The highest BCUT2D eigenvalue weighted by atomic mass is 127. The molecule has 1 saturated heterocycles. The molecule has 0 unspecified atom stereocenters. The van der Waals surface area contributed by atoms with Crippen LogP contribution in [-0.2, 0) is 4.79 Å². The second-order valence-electron chi connectivity index (χ2n) is 2.46. The molecule has 2 atom stereocenters. The van der Waals surface area contributed by atoms with Crippen molar-refractivity contribution in [2.45, 2.75) is 12.3 Å². The van der Waals surface area contributed by atoms with E-state index in [1.54, 1.807) is 0 Å². The van der Waals surface area contributed by atoms with Crippen LogP contribution in [0.2, 0.25) is 0 Å². The molecule has 0 aliphatic carbocycles. The number of likely N-dealkylation sites (tertiary alicyclic amines) is 1. The highest BCUT2D eigenvalue weighted by Gasteiger charge is 2.34. The minimum Gasteiger partial charge on any atom is -0.336 e. The number of nitrogens with zero attached hydrogens (tertiary/aromatic N) is 1. The van der Waals surface area contributed by atoms with Gasteiger partial charge in [-0.1, -0.05) is 22.6 Å². The lowest BCUT2D eigenvalue weighted by atomic mass is 10.3. The summed E-state index contributed by atoms with van der Waals surface area (Å²) in [5.74, 6) is -0.187. The van der Waals surface area contributed by atoms with Gasteiger partial charge in [-0.3, -0.25) is 4.79 Å². The van der Waals surface area contributed by atoms with E-state index >= 15 is 0 Å². The molecule has 0 aromatic rings. The number of halogens is 3. The Morgan fingerprint density at radius 3 is 2.27 bits per heavy atom. The van der Waals surface area contributed by atoms with E-state index in [-0.39, 0.29) is 23.4 Å². The summed E-state index contributed by atoms with van der Waals surface area (Å²) < 4.78 is 25.3. The summed E-state index contributed by atoms with van der Waals surface area (Å²) in [5.41, 5.74) is 0. The summed E-state index contributed by atoms with van der Waals surface area (Å²) in [4.78, 5) is 12.1. The smallest absolute Gasteiger partial charge is 0.232 e. The van der Waals surface area contributed by atoms with E-state index in [1.807, 2.05) is 22.6 Å². The van der Waals surface area contributed by atoms with Gasteiger partial charge in [0, 0.05) is 0 Å². The molecule has 0 aromatic heterocycles. The van der Waals surface area contributed by atoms with E-state index in [1.165, 1.54) is 4.90 Å². The van der Waals surface area contributed by atoms with Crippen molar-refractivity contribution in [1.82, 2.24) is 4.90 Å². The summed E-state index contributed by atoms with van der Waals surface area (Å²) >= 11 is 1.88. The van der Waals surface area contributed by atoms with Gasteiger partial charge in [0.1, 0.15) is 0 Å². The van der Waals surface area contributed by atoms with Crippen LogP contribution in [0.5, 0.6) is 0 Å².